The average Bonchev–Trinajstić information content (AvgIpc) is 2.24. The SMILES string of the molecule is CC(C)(C)OC(=O)N1CCCC2(C1)CC(O)(C(=O)O)C2. The number of piperidine rings is 1. The molecular formula is C14H23NO5. The van der Waals surface area contributed by atoms with Crippen molar-refractivity contribution < 1.29 is 24.5 Å². The summed E-state index contributed by atoms with van der Waals surface area (Å²) < 4.78 is 5.35. The van der Waals surface area contributed by atoms with Crippen LogP contribution < -0.4 is 0 Å². The fourth-order valence-electron chi connectivity index (χ4n) is 3.32. The topological polar surface area (TPSA) is 87.1 Å². The maximum Gasteiger partial charge on any atom is 0.410 e. The maximum atomic E-state index is 12.1. The molecule has 0 aromatic carbocycles. The summed E-state index contributed by atoms with van der Waals surface area (Å²) in [7, 11) is 0. The molecular weight excluding hydrogens is 262 g/mol. The number of hydrogen-bond acceptors (Lipinski definition) is 4. The second kappa shape index (κ2) is 4.62. The third kappa shape index (κ3) is 2.90. The van der Waals surface area contributed by atoms with Crippen LogP contribution in [-0.4, -0.2) is 51.5 Å². The average molecular weight is 285 g/mol. The highest BCUT2D eigenvalue weighted by atomic mass is 16.6. The van der Waals surface area contributed by atoms with E-state index in [0.29, 0.717) is 13.1 Å². The van der Waals surface area contributed by atoms with Crippen molar-refractivity contribution in [3.8, 4) is 0 Å². The molecule has 1 aliphatic heterocycles. The summed E-state index contributed by atoms with van der Waals surface area (Å²) in [5.41, 5.74) is -2.41. The number of amides is 1. The molecule has 6 heteroatoms. The second-order valence-electron chi connectivity index (χ2n) is 7.20. The minimum absolute atomic E-state index is 0.217. The minimum atomic E-state index is -1.61. The van der Waals surface area contributed by atoms with Crippen molar-refractivity contribution in [2.24, 2.45) is 5.41 Å². The quantitative estimate of drug-likeness (QED) is 0.764. The van der Waals surface area contributed by atoms with Gasteiger partial charge in [0, 0.05) is 13.1 Å². The first-order valence-corrected chi connectivity index (χ1v) is 6.99. The third-order valence-corrected chi connectivity index (χ3v) is 4.05. The zero-order chi connectivity index (χ0) is 15.2. The first-order valence-electron chi connectivity index (χ1n) is 6.99. The van der Waals surface area contributed by atoms with Crippen molar-refractivity contribution in [2.45, 2.75) is 57.7 Å². The van der Waals surface area contributed by atoms with E-state index in [0.717, 1.165) is 12.8 Å². The van der Waals surface area contributed by atoms with Crippen LogP contribution in [0.15, 0.2) is 0 Å². The fourth-order valence-corrected chi connectivity index (χ4v) is 3.32. The van der Waals surface area contributed by atoms with Crippen molar-refractivity contribution in [2.75, 3.05) is 13.1 Å². The Kier molecular flexibility index (Phi) is 3.48. The lowest BCUT2D eigenvalue weighted by atomic mass is 9.56. The van der Waals surface area contributed by atoms with E-state index >= 15 is 0 Å². The number of nitrogens with zero attached hydrogens (tertiary/aromatic N) is 1. The molecule has 1 spiro atoms. The number of hydrogen-bond donors (Lipinski definition) is 2. The first-order chi connectivity index (χ1) is 9.05. The van der Waals surface area contributed by atoms with Gasteiger partial charge in [-0.3, -0.25) is 0 Å². The molecule has 6 nitrogen and oxygen atoms in total. The number of aliphatic carboxylic acids is 1. The van der Waals surface area contributed by atoms with Gasteiger partial charge in [-0.25, -0.2) is 9.59 Å². The number of carbonyl (C=O) groups excluding carboxylic acids is 1. The molecule has 1 heterocycles. The second-order valence-corrected chi connectivity index (χ2v) is 7.20. The highest BCUT2D eigenvalue weighted by molar-refractivity contribution is 5.79. The van der Waals surface area contributed by atoms with E-state index in [9.17, 15) is 14.7 Å². The lowest BCUT2D eigenvalue weighted by Gasteiger charge is -2.55. The summed E-state index contributed by atoms with van der Waals surface area (Å²) in [4.78, 5) is 24.7. The zero-order valence-electron chi connectivity index (χ0n) is 12.3. The molecule has 1 amide bonds. The van der Waals surface area contributed by atoms with Crippen molar-refractivity contribution >= 4 is 12.1 Å². The van der Waals surface area contributed by atoms with Crippen LogP contribution in [0.5, 0.6) is 0 Å². The van der Waals surface area contributed by atoms with Crippen molar-refractivity contribution in [1.82, 2.24) is 4.90 Å². The Morgan fingerprint density at radius 1 is 1.25 bits per heavy atom. The zero-order valence-corrected chi connectivity index (χ0v) is 12.3. The van der Waals surface area contributed by atoms with Gasteiger partial charge in [0.2, 0.25) is 0 Å². The molecule has 2 N–H and O–H groups in total. The van der Waals surface area contributed by atoms with Crippen LogP contribution in [-0.2, 0) is 9.53 Å². The van der Waals surface area contributed by atoms with E-state index in [4.69, 9.17) is 9.84 Å². The molecule has 1 saturated carbocycles. The van der Waals surface area contributed by atoms with Crippen LogP contribution in [0.4, 0.5) is 4.79 Å². The highest BCUT2D eigenvalue weighted by Gasteiger charge is 2.59. The first kappa shape index (κ1) is 15.1. The lowest BCUT2D eigenvalue weighted by molar-refractivity contribution is -0.193. The number of likely N-dealkylation sites (tertiary alicyclic amines) is 1. The molecule has 2 rings (SSSR count). The van der Waals surface area contributed by atoms with Crippen LogP contribution in [0.3, 0.4) is 0 Å². The number of carbonyl (C=O) groups is 2. The number of aliphatic hydroxyl groups is 1. The smallest absolute Gasteiger partial charge is 0.410 e. The monoisotopic (exact) mass is 285 g/mol. The predicted molar refractivity (Wildman–Crippen MR) is 71.3 cm³/mol. The minimum Gasteiger partial charge on any atom is -0.479 e. The van der Waals surface area contributed by atoms with Crippen LogP contribution in [0.25, 0.3) is 0 Å². The fraction of sp³-hybridized carbons (Fsp3) is 0.857. The third-order valence-electron chi connectivity index (χ3n) is 4.05. The van der Waals surface area contributed by atoms with E-state index < -0.39 is 17.2 Å². The van der Waals surface area contributed by atoms with Crippen LogP contribution >= 0.6 is 0 Å². The van der Waals surface area contributed by atoms with E-state index in [1.54, 1.807) is 4.90 Å². The number of rotatable bonds is 1. The summed E-state index contributed by atoms with van der Waals surface area (Å²) in [5.74, 6) is -1.17. The summed E-state index contributed by atoms with van der Waals surface area (Å²) in [6.07, 6.45) is 1.74. The van der Waals surface area contributed by atoms with Gasteiger partial charge in [-0.2, -0.15) is 0 Å². The maximum absolute atomic E-state index is 12.1. The van der Waals surface area contributed by atoms with E-state index in [1.165, 1.54) is 0 Å². The number of ether oxygens (including phenoxy) is 1. The molecule has 2 aliphatic rings. The Morgan fingerprint density at radius 3 is 2.35 bits per heavy atom. The molecule has 0 aromatic heterocycles. The van der Waals surface area contributed by atoms with Crippen LogP contribution in [0, 0.1) is 5.41 Å². The Bertz CT molecular complexity index is 420. The summed E-state index contributed by atoms with van der Waals surface area (Å²) >= 11 is 0. The standard InChI is InChI=1S/C14H23NO5/c1-12(2,3)20-11(18)15-6-4-5-13(9-15)7-14(19,8-13)10(16)17/h19H,4-9H2,1-3H3,(H,16,17). The van der Waals surface area contributed by atoms with E-state index in [-0.39, 0.29) is 24.3 Å². The van der Waals surface area contributed by atoms with Gasteiger partial charge >= 0.3 is 12.1 Å². The number of carboxylic acid groups (broad SMARTS) is 1. The van der Waals surface area contributed by atoms with Gasteiger partial charge < -0.3 is 19.8 Å². The molecule has 0 aromatic rings. The highest BCUT2D eigenvalue weighted by Crippen LogP contribution is 2.53. The lowest BCUT2D eigenvalue weighted by Crippen LogP contribution is -2.62. The normalized spacial score (nSPS) is 33.7. The van der Waals surface area contributed by atoms with Crippen LogP contribution in [0.1, 0.15) is 46.5 Å². The van der Waals surface area contributed by atoms with Crippen molar-refractivity contribution in [3.05, 3.63) is 0 Å². The van der Waals surface area contributed by atoms with Crippen molar-refractivity contribution in [3.63, 3.8) is 0 Å². The van der Waals surface area contributed by atoms with Crippen molar-refractivity contribution in [1.29, 1.82) is 0 Å². The molecule has 20 heavy (non-hydrogen) atoms. The Hall–Kier alpha value is -1.30. The molecule has 0 radical (unpaired) electrons. The van der Waals surface area contributed by atoms with Gasteiger partial charge in [-0.15, -0.1) is 0 Å². The molecule has 2 fully saturated rings. The van der Waals surface area contributed by atoms with Crippen LogP contribution in [0.2, 0.25) is 0 Å². The predicted octanol–water partition coefficient (Wildman–Crippen LogP) is 1.61. The molecule has 0 atom stereocenters. The van der Waals surface area contributed by atoms with Gasteiger partial charge in [0.1, 0.15) is 5.60 Å². The van der Waals surface area contributed by atoms with Gasteiger partial charge in [0.25, 0.3) is 0 Å². The Labute approximate surface area is 118 Å². The largest absolute Gasteiger partial charge is 0.479 e. The number of carboxylic acids is 1. The summed E-state index contributed by atoms with van der Waals surface area (Å²) in [6, 6.07) is 0. The van der Waals surface area contributed by atoms with Gasteiger partial charge in [-0.05, 0) is 51.9 Å². The molecule has 1 aliphatic carbocycles. The van der Waals surface area contributed by atoms with Gasteiger partial charge in [-0.1, -0.05) is 0 Å². The Balaban J connectivity index is 1.97. The summed E-state index contributed by atoms with van der Waals surface area (Å²) in [5, 5.41) is 18.9. The molecule has 0 unspecified atom stereocenters. The van der Waals surface area contributed by atoms with Gasteiger partial charge in [0.05, 0.1) is 0 Å². The molecule has 114 valence electrons. The van der Waals surface area contributed by atoms with E-state index in [2.05, 4.69) is 0 Å². The Morgan fingerprint density at radius 2 is 1.85 bits per heavy atom. The van der Waals surface area contributed by atoms with Gasteiger partial charge in [0.15, 0.2) is 5.60 Å². The summed E-state index contributed by atoms with van der Waals surface area (Å²) in [6.45, 7) is 6.55. The molecule has 0 bridgehead atoms. The van der Waals surface area contributed by atoms with E-state index in [1.807, 2.05) is 20.8 Å². The molecule has 1 saturated heterocycles.